The second kappa shape index (κ2) is 4.94. The average Bonchev–Trinajstić information content (AvgIpc) is 1.81. The second-order valence-electron chi connectivity index (χ2n) is 4.36. The fraction of sp³-hybridized carbons (Fsp3) is 0.889. The van der Waals surface area contributed by atoms with Crippen molar-refractivity contribution in [1.82, 2.24) is 0 Å². The van der Waals surface area contributed by atoms with Crippen molar-refractivity contribution in [3.05, 3.63) is 10.1 Å². The molecule has 1 unspecified atom stereocenters. The zero-order valence-corrected chi connectivity index (χ0v) is 8.45. The van der Waals surface area contributed by atoms with Crippen LogP contribution in [0.15, 0.2) is 0 Å². The zero-order chi connectivity index (χ0) is 10.5. The highest BCUT2D eigenvalue weighted by molar-refractivity contribution is 5.50. The van der Waals surface area contributed by atoms with Crippen LogP contribution in [-0.4, -0.2) is 17.8 Å². The van der Waals surface area contributed by atoms with Gasteiger partial charge in [0.1, 0.15) is 6.29 Å². The van der Waals surface area contributed by atoms with Crippen LogP contribution in [0.2, 0.25) is 0 Å². The molecule has 0 amide bonds. The standard InChI is InChI=1S/C9H17NO3/c1-8(7-10(12)13)6-9(2,3)4-5-11/h5,8H,4,6-7H2,1-3H3. The Kier molecular flexibility index (Phi) is 4.59. The lowest BCUT2D eigenvalue weighted by atomic mass is 9.81. The summed E-state index contributed by atoms with van der Waals surface area (Å²) in [6.07, 6.45) is 2.06. The first-order chi connectivity index (χ1) is 5.87. The Morgan fingerprint density at radius 1 is 1.54 bits per heavy atom. The largest absolute Gasteiger partial charge is 0.303 e. The topological polar surface area (TPSA) is 60.2 Å². The van der Waals surface area contributed by atoms with Gasteiger partial charge in [0.05, 0.1) is 0 Å². The van der Waals surface area contributed by atoms with Crippen LogP contribution in [0.3, 0.4) is 0 Å². The maximum Gasteiger partial charge on any atom is 0.206 e. The molecule has 0 N–H and O–H groups in total. The van der Waals surface area contributed by atoms with Gasteiger partial charge in [0.15, 0.2) is 0 Å². The third kappa shape index (κ3) is 6.25. The van der Waals surface area contributed by atoms with E-state index in [0.29, 0.717) is 12.8 Å². The van der Waals surface area contributed by atoms with Gasteiger partial charge in [0.2, 0.25) is 6.54 Å². The number of rotatable bonds is 6. The highest BCUT2D eigenvalue weighted by Gasteiger charge is 2.22. The van der Waals surface area contributed by atoms with Gasteiger partial charge in [-0.1, -0.05) is 20.8 Å². The van der Waals surface area contributed by atoms with Crippen LogP contribution in [0.4, 0.5) is 0 Å². The molecule has 0 aliphatic rings. The number of nitrogens with zero attached hydrogens (tertiary/aromatic N) is 1. The second-order valence-corrected chi connectivity index (χ2v) is 4.36. The van der Waals surface area contributed by atoms with Gasteiger partial charge in [0, 0.05) is 17.3 Å². The van der Waals surface area contributed by atoms with Gasteiger partial charge in [-0.05, 0) is 11.8 Å². The number of hydrogen-bond donors (Lipinski definition) is 0. The first-order valence-corrected chi connectivity index (χ1v) is 4.43. The normalized spacial score (nSPS) is 13.8. The van der Waals surface area contributed by atoms with E-state index < -0.39 is 0 Å². The van der Waals surface area contributed by atoms with Crippen molar-refractivity contribution in [3.8, 4) is 0 Å². The summed E-state index contributed by atoms with van der Waals surface area (Å²) in [6.45, 7) is 5.74. The maximum absolute atomic E-state index is 10.3. The Balaban J connectivity index is 3.94. The van der Waals surface area contributed by atoms with Gasteiger partial charge in [-0.2, -0.15) is 0 Å². The van der Waals surface area contributed by atoms with E-state index in [1.165, 1.54) is 0 Å². The molecule has 0 aromatic carbocycles. The lowest BCUT2D eigenvalue weighted by Gasteiger charge is -2.23. The van der Waals surface area contributed by atoms with Crippen LogP contribution in [-0.2, 0) is 4.79 Å². The van der Waals surface area contributed by atoms with E-state index >= 15 is 0 Å². The molecule has 0 aromatic rings. The van der Waals surface area contributed by atoms with Gasteiger partial charge >= 0.3 is 0 Å². The molecule has 0 rings (SSSR count). The Morgan fingerprint density at radius 3 is 2.46 bits per heavy atom. The quantitative estimate of drug-likeness (QED) is 0.362. The first kappa shape index (κ1) is 12.1. The fourth-order valence-corrected chi connectivity index (χ4v) is 1.57. The van der Waals surface area contributed by atoms with Crippen LogP contribution in [0.25, 0.3) is 0 Å². The molecule has 0 saturated carbocycles. The highest BCUT2D eigenvalue weighted by atomic mass is 16.6. The van der Waals surface area contributed by atoms with Gasteiger partial charge in [-0.3, -0.25) is 10.1 Å². The zero-order valence-electron chi connectivity index (χ0n) is 8.45. The molecule has 0 saturated heterocycles. The molecule has 0 spiro atoms. The van der Waals surface area contributed by atoms with Crippen molar-refractivity contribution < 1.29 is 9.72 Å². The van der Waals surface area contributed by atoms with Crippen LogP contribution in [0.1, 0.15) is 33.6 Å². The number of nitro groups is 1. The van der Waals surface area contributed by atoms with Crippen LogP contribution >= 0.6 is 0 Å². The molecule has 0 aliphatic carbocycles. The molecule has 0 heterocycles. The molecule has 13 heavy (non-hydrogen) atoms. The van der Waals surface area contributed by atoms with Gasteiger partial charge in [-0.25, -0.2) is 0 Å². The smallest absolute Gasteiger partial charge is 0.206 e. The Labute approximate surface area is 78.5 Å². The van der Waals surface area contributed by atoms with Gasteiger partial charge in [0.25, 0.3) is 0 Å². The molecular formula is C9H17NO3. The van der Waals surface area contributed by atoms with E-state index in [4.69, 9.17) is 0 Å². The van der Waals surface area contributed by atoms with Crippen molar-refractivity contribution in [2.75, 3.05) is 6.54 Å². The Hall–Kier alpha value is -0.930. The molecular weight excluding hydrogens is 170 g/mol. The SMILES string of the molecule is CC(C[N+](=O)[O-])CC(C)(C)CC=O. The summed E-state index contributed by atoms with van der Waals surface area (Å²) in [5, 5.41) is 10.2. The number of hydrogen-bond acceptors (Lipinski definition) is 3. The van der Waals surface area contributed by atoms with Gasteiger partial charge in [-0.15, -0.1) is 0 Å². The summed E-state index contributed by atoms with van der Waals surface area (Å²) < 4.78 is 0. The highest BCUT2D eigenvalue weighted by Crippen LogP contribution is 2.28. The van der Waals surface area contributed by atoms with Crippen molar-refractivity contribution in [2.24, 2.45) is 11.3 Å². The van der Waals surface area contributed by atoms with Crippen LogP contribution < -0.4 is 0 Å². The first-order valence-electron chi connectivity index (χ1n) is 4.43. The monoisotopic (exact) mass is 187 g/mol. The van der Waals surface area contributed by atoms with Crippen molar-refractivity contribution in [1.29, 1.82) is 0 Å². The molecule has 4 heteroatoms. The molecule has 0 fully saturated rings. The van der Waals surface area contributed by atoms with Crippen LogP contribution in [0.5, 0.6) is 0 Å². The molecule has 0 radical (unpaired) electrons. The Bertz CT molecular complexity index is 189. The fourth-order valence-electron chi connectivity index (χ4n) is 1.57. The van der Waals surface area contributed by atoms with E-state index in [-0.39, 0.29) is 22.8 Å². The summed E-state index contributed by atoms with van der Waals surface area (Å²) in [5.41, 5.74) is -0.114. The van der Waals surface area contributed by atoms with E-state index in [0.717, 1.165) is 6.29 Å². The average molecular weight is 187 g/mol. The van der Waals surface area contributed by atoms with E-state index in [1.807, 2.05) is 20.8 Å². The lowest BCUT2D eigenvalue weighted by Crippen LogP contribution is -2.21. The minimum Gasteiger partial charge on any atom is -0.303 e. The molecule has 0 aliphatic heterocycles. The van der Waals surface area contributed by atoms with Crippen molar-refractivity contribution in [2.45, 2.75) is 33.6 Å². The molecule has 1 atom stereocenters. The third-order valence-corrected chi connectivity index (χ3v) is 2.00. The molecule has 4 nitrogen and oxygen atoms in total. The molecule has 76 valence electrons. The summed E-state index contributed by atoms with van der Waals surface area (Å²) in [5.74, 6) is 0.0324. The lowest BCUT2D eigenvalue weighted by molar-refractivity contribution is -0.488. The summed E-state index contributed by atoms with van der Waals surface area (Å²) in [7, 11) is 0. The number of aldehydes is 1. The minimum absolute atomic E-state index is 0.0116. The predicted octanol–water partition coefficient (Wildman–Crippen LogP) is 1.90. The minimum atomic E-state index is -0.304. The van der Waals surface area contributed by atoms with Crippen LogP contribution in [0, 0.1) is 21.4 Å². The predicted molar refractivity (Wildman–Crippen MR) is 50.1 cm³/mol. The van der Waals surface area contributed by atoms with E-state index in [2.05, 4.69) is 0 Å². The summed E-state index contributed by atoms with van der Waals surface area (Å²) >= 11 is 0. The Morgan fingerprint density at radius 2 is 2.08 bits per heavy atom. The summed E-state index contributed by atoms with van der Waals surface area (Å²) in [6, 6.07) is 0. The van der Waals surface area contributed by atoms with E-state index in [1.54, 1.807) is 0 Å². The van der Waals surface area contributed by atoms with Crippen molar-refractivity contribution >= 4 is 6.29 Å². The summed E-state index contributed by atoms with van der Waals surface area (Å²) in [4.78, 5) is 20.2. The van der Waals surface area contributed by atoms with Crippen molar-refractivity contribution in [3.63, 3.8) is 0 Å². The number of carbonyl (C=O) groups is 1. The molecule has 0 bridgehead atoms. The van der Waals surface area contributed by atoms with Gasteiger partial charge < -0.3 is 4.79 Å². The number of carbonyl (C=O) groups excluding carboxylic acids is 1. The van der Waals surface area contributed by atoms with E-state index in [9.17, 15) is 14.9 Å². The maximum atomic E-state index is 10.3. The molecule has 0 aromatic heterocycles. The third-order valence-electron chi connectivity index (χ3n) is 2.00.